The molecule has 48 heavy (non-hydrogen) atoms. The van der Waals surface area contributed by atoms with Crippen LogP contribution < -0.4 is 61.7 Å². The SMILES string of the molecule is C1CCOC1.CCC1(CC)[C]N(c2c(C(C)C)cccc2C(C)C)C(C)(C)C1.CCC1=C(CC)c2ccccc2-c2ccccc2[B-]1.[K+]. The van der Waals surface area contributed by atoms with Crippen LogP contribution in [0.1, 0.15) is 143 Å². The molecule has 3 aliphatic rings. The second-order valence-corrected chi connectivity index (χ2v) is 14.8. The molecule has 0 amide bonds. The van der Waals surface area contributed by atoms with Crippen LogP contribution in [0.3, 0.4) is 0 Å². The van der Waals surface area contributed by atoms with Gasteiger partial charge >= 0.3 is 51.4 Å². The van der Waals surface area contributed by atoms with Crippen LogP contribution in [-0.4, -0.2) is 26.0 Å². The Balaban J connectivity index is 0.000000225. The number of hydrogen-bond acceptors (Lipinski definition) is 2. The third-order valence-electron chi connectivity index (χ3n) is 10.4. The van der Waals surface area contributed by atoms with Crippen LogP contribution in [0, 0.1) is 12.0 Å². The van der Waals surface area contributed by atoms with Gasteiger partial charge in [-0.3, -0.25) is 18.2 Å². The van der Waals surface area contributed by atoms with Crippen molar-refractivity contribution in [2.75, 3.05) is 18.1 Å². The summed E-state index contributed by atoms with van der Waals surface area (Å²) in [6.07, 6.45) is 8.27. The van der Waals surface area contributed by atoms with Crippen molar-refractivity contribution in [1.82, 2.24) is 0 Å². The summed E-state index contributed by atoms with van der Waals surface area (Å²) in [6.45, 7) is 29.0. The fourth-order valence-electron chi connectivity index (χ4n) is 7.66. The number of nitrogens with zero attached hydrogens (tertiary/aromatic N) is 1. The number of allylic oxidation sites excluding steroid dienone is 2. The third kappa shape index (κ3) is 9.59. The van der Waals surface area contributed by atoms with Crippen molar-refractivity contribution in [3.05, 3.63) is 95.4 Å². The average Bonchev–Trinajstić information content (AvgIpc) is 3.72. The normalized spacial score (nSPS) is 17.5. The Morgan fingerprint density at radius 2 is 1.27 bits per heavy atom. The molecule has 2 nitrogen and oxygen atoms in total. The average molecular weight is 670 g/mol. The van der Waals surface area contributed by atoms with Crippen LogP contribution in [0.4, 0.5) is 5.69 Å². The zero-order valence-corrected chi connectivity index (χ0v) is 35.4. The summed E-state index contributed by atoms with van der Waals surface area (Å²) >= 11 is 0. The first kappa shape index (κ1) is 41.3. The van der Waals surface area contributed by atoms with E-state index in [1.54, 1.807) is 0 Å². The van der Waals surface area contributed by atoms with Crippen LogP contribution in [-0.2, 0) is 4.74 Å². The Morgan fingerprint density at radius 3 is 1.73 bits per heavy atom. The second-order valence-electron chi connectivity index (χ2n) is 14.8. The van der Waals surface area contributed by atoms with Crippen molar-refractivity contribution in [2.45, 2.75) is 132 Å². The van der Waals surface area contributed by atoms with Crippen molar-refractivity contribution in [3.63, 3.8) is 0 Å². The standard InChI is InChI=1S/C22H35N.C18H18B.C4H8O.K/c1-9-22(10-2)14-21(7,8)23(15-22)20-18(16(3)4)12-11-13-19(20)17(5)6;1-3-13-14-9-5-6-10-15(14)16-11-7-8-12-18(16)19-17(13)4-2;1-2-4-5-3-1;/h11-13,16-17H,9-10,14H2,1-8H3;5-12H,3-4H2,1-2H3;1-4H2;/q;-1;;+1. The van der Waals surface area contributed by atoms with Gasteiger partial charge in [0.05, 0.1) is 6.54 Å². The summed E-state index contributed by atoms with van der Waals surface area (Å²) in [6, 6.07) is 24.4. The number of fused-ring (bicyclic) bond motifs is 3. The van der Waals surface area contributed by atoms with Crippen molar-refractivity contribution in [2.24, 2.45) is 5.41 Å². The maximum absolute atomic E-state index is 4.94. The van der Waals surface area contributed by atoms with Crippen LogP contribution >= 0.6 is 0 Å². The zero-order chi connectivity index (χ0) is 34.2. The van der Waals surface area contributed by atoms with Crippen molar-refractivity contribution in [1.29, 1.82) is 0 Å². The molecule has 252 valence electrons. The molecular formula is C44H61BKNO. The molecular weight excluding hydrogens is 608 g/mol. The van der Waals surface area contributed by atoms with E-state index in [1.807, 2.05) is 0 Å². The van der Waals surface area contributed by atoms with E-state index < -0.39 is 0 Å². The van der Waals surface area contributed by atoms with E-state index in [-0.39, 0.29) is 62.3 Å². The van der Waals surface area contributed by atoms with Gasteiger partial charge in [-0.15, -0.1) is 6.07 Å². The molecule has 0 unspecified atom stereocenters. The number of rotatable bonds is 7. The maximum atomic E-state index is 4.94. The van der Waals surface area contributed by atoms with E-state index in [1.165, 1.54) is 82.1 Å². The van der Waals surface area contributed by atoms with Gasteiger partial charge in [-0.25, -0.2) is 0 Å². The third-order valence-corrected chi connectivity index (χ3v) is 10.4. The van der Waals surface area contributed by atoms with Crippen LogP contribution in [0.25, 0.3) is 16.7 Å². The number of hydrogen-bond donors (Lipinski definition) is 0. The predicted molar refractivity (Wildman–Crippen MR) is 207 cm³/mol. The van der Waals surface area contributed by atoms with Gasteiger partial charge in [0, 0.05) is 29.9 Å². The monoisotopic (exact) mass is 669 g/mol. The molecule has 2 fully saturated rings. The van der Waals surface area contributed by atoms with Crippen LogP contribution in [0.15, 0.2) is 72.2 Å². The quantitative estimate of drug-likeness (QED) is 0.233. The number of benzene rings is 3. The minimum atomic E-state index is 0. The zero-order valence-electron chi connectivity index (χ0n) is 32.3. The maximum Gasteiger partial charge on any atom is 1.00 e. The Kier molecular flexibility index (Phi) is 16.3. The summed E-state index contributed by atoms with van der Waals surface area (Å²) in [4.78, 5) is 2.50. The van der Waals surface area contributed by atoms with Gasteiger partial charge in [0.25, 0.3) is 0 Å². The first-order valence-electron chi connectivity index (χ1n) is 18.6. The molecule has 0 aromatic heterocycles. The minimum absolute atomic E-state index is 0. The van der Waals surface area contributed by atoms with Gasteiger partial charge in [0.15, 0.2) is 0 Å². The summed E-state index contributed by atoms with van der Waals surface area (Å²) in [5.74, 6) is 1.05. The minimum Gasteiger partial charge on any atom is -0.381 e. The smallest absolute Gasteiger partial charge is 0.381 e. The first-order chi connectivity index (χ1) is 22.5. The Hall–Kier alpha value is -1.14. The molecule has 0 aliphatic carbocycles. The number of ether oxygens (including phenoxy) is 1. The van der Waals surface area contributed by atoms with E-state index in [0.29, 0.717) is 11.8 Å². The summed E-state index contributed by atoms with van der Waals surface area (Å²) in [7, 11) is 2.37. The van der Waals surface area contributed by atoms with Gasteiger partial charge in [-0.2, -0.15) is 0 Å². The molecule has 0 saturated carbocycles. The van der Waals surface area contributed by atoms with E-state index in [0.717, 1.165) is 26.1 Å². The molecule has 3 aromatic rings. The molecule has 3 aliphatic heterocycles. The molecule has 4 heteroatoms. The second kappa shape index (κ2) is 18.9. The molecule has 2 saturated heterocycles. The molecule has 0 bridgehead atoms. The predicted octanol–water partition coefficient (Wildman–Crippen LogP) is 8.80. The van der Waals surface area contributed by atoms with E-state index >= 15 is 0 Å². The number of anilines is 1. The Labute approximate surface area is 338 Å². The fourth-order valence-corrected chi connectivity index (χ4v) is 7.66. The molecule has 6 rings (SSSR count). The van der Waals surface area contributed by atoms with Gasteiger partial charge in [-0.05, 0) is 86.5 Å². The van der Waals surface area contributed by atoms with Crippen molar-refractivity contribution < 1.29 is 56.1 Å². The summed E-state index contributed by atoms with van der Waals surface area (Å²) in [5.41, 5.74) is 13.1. The van der Waals surface area contributed by atoms with Gasteiger partial charge in [-0.1, -0.05) is 134 Å². The van der Waals surface area contributed by atoms with Gasteiger partial charge in [0.1, 0.15) is 0 Å². The van der Waals surface area contributed by atoms with E-state index in [9.17, 15) is 0 Å². The largest absolute Gasteiger partial charge is 1.00 e. The Morgan fingerprint density at radius 1 is 0.729 bits per heavy atom. The molecule has 4 radical (unpaired) electrons. The summed E-state index contributed by atoms with van der Waals surface area (Å²) < 4.78 is 4.94. The van der Waals surface area contributed by atoms with Crippen LogP contribution in [0.2, 0.25) is 0 Å². The van der Waals surface area contributed by atoms with Crippen LogP contribution in [0.5, 0.6) is 0 Å². The Bertz CT molecular complexity index is 1450. The summed E-state index contributed by atoms with van der Waals surface area (Å²) in [5, 5.41) is 0. The molecule has 0 spiro atoms. The topological polar surface area (TPSA) is 12.5 Å². The fraction of sp³-hybridized carbons (Fsp3) is 0.523. The molecule has 0 atom stereocenters. The van der Waals surface area contributed by atoms with E-state index in [2.05, 4.69) is 155 Å². The van der Waals surface area contributed by atoms with Crippen molar-refractivity contribution >= 4 is 24.0 Å². The molecule has 3 aromatic carbocycles. The van der Waals surface area contributed by atoms with Crippen molar-refractivity contribution in [3.8, 4) is 11.1 Å². The molecule has 0 N–H and O–H groups in total. The van der Waals surface area contributed by atoms with Gasteiger partial charge in [0.2, 0.25) is 0 Å². The van der Waals surface area contributed by atoms with E-state index in [4.69, 9.17) is 4.74 Å². The first-order valence-corrected chi connectivity index (χ1v) is 18.6. The van der Waals surface area contributed by atoms with Gasteiger partial charge < -0.3 is 9.64 Å². The number of para-hydroxylation sites is 1. The molecule has 3 heterocycles.